The number of anilines is 4. The zero-order valence-electron chi connectivity index (χ0n) is 17.3. The molecule has 2 rings (SSSR count). The maximum absolute atomic E-state index is 8.78. The minimum Gasteiger partial charge on any atom is -0.465 e. The smallest absolute Gasteiger partial charge is 0.402 e. The lowest BCUT2D eigenvalue weighted by atomic mass is 10.00. The van der Waals surface area contributed by atoms with Gasteiger partial charge >= 0.3 is 6.09 Å². The van der Waals surface area contributed by atoms with Gasteiger partial charge < -0.3 is 37.0 Å². The molecule has 1 aromatic heterocycles. The summed E-state index contributed by atoms with van der Waals surface area (Å²) in [6.07, 6.45) is 1.04. The fourth-order valence-corrected chi connectivity index (χ4v) is 3.14. The van der Waals surface area contributed by atoms with Crippen LogP contribution in [-0.2, 0) is 0 Å². The molecule has 0 aromatic carbocycles. The number of piperidine rings is 1. The average Bonchev–Trinajstić information content (AvgIpc) is 2.53. The molecular formula is C18H35N7O2. The van der Waals surface area contributed by atoms with E-state index in [9.17, 15) is 0 Å². The Bertz CT molecular complexity index is 625. The predicted molar refractivity (Wildman–Crippen MR) is 113 cm³/mol. The molecule has 1 aliphatic heterocycles. The molecule has 0 bridgehead atoms. The standard InChI is InChI=1S/C17H32N6.CH3NO2/c1-17(2,3)21-12-8-7-9-23(11-12)13-10-14(22(5)6)20-16(19-4)15(13)18;2-1(3)4/h10,12,21H,7-9,11,18H2,1-6H3,(H,19,20);2H2,(H,3,4). The summed E-state index contributed by atoms with van der Waals surface area (Å²) in [4.78, 5) is 17.7. The summed E-state index contributed by atoms with van der Waals surface area (Å²) in [6, 6.07) is 2.58. The van der Waals surface area contributed by atoms with Crippen LogP contribution in [0.5, 0.6) is 0 Å². The molecule has 0 aliphatic carbocycles. The SMILES string of the molecule is CNc1nc(N(C)C)cc(N2CCCC(NC(C)(C)C)C2)c1N.NC(=O)O. The average molecular weight is 382 g/mol. The highest BCUT2D eigenvalue weighted by Crippen LogP contribution is 2.34. The van der Waals surface area contributed by atoms with Crippen LogP contribution in [0.15, 0.2) is 6.07 Å². The molecule has 2 heterocycles. The lowest BCUT2D eigenvalue weighted by Gasteiger charge is -2.39. The Morgan fingerprint density at radius 3 is 2.48 bits per heavy atom. The highest BCUT2D eigenvalue weighted by atomic mass is 16.4. The van der Waals surface area contributed by atoms with E-state index < -0.39 is 6.09 Å². The number of primary amides is 1. The maximum Gasteiger partial charge on any atom is 0.402 e. The van der Waals surface area contributed by atoms with E-state index in [0.29, 0.717) is 6.04 Å². The summed E-state index contributed by atoms with van der Waals surface area (Å²) < 4.78 is 0. The first-order valence-electron chi connectivity index (χ1n) is 9.11. The van der Waals surface area contributed by atoms with Crippen molar-refractivity contribution >= 4 is 29.1 Å². The van der Waals surface area contributed by atoms with Crippen LogP contribution in [0.3, 0.4) is 0 Å². The number of nitrogens with zero attached hydrogens (tertiary/aromatic N) is 3. The first-order valence-corrected chi connectivity index (χ1v) is 9.11. The number of nitrogens with two attached hydrogens (primary N) is 2. The summed E-state index contributed by atoms with van der Waals surface area (Å²) in [5.74, 6) is 1.67. The van der Waals surface area contributed by atoms with Gasteiger partial charge in [-0.2, -0.15) is 0 Å². The van der Waals surface area contributed by atoms with Crippen LogP contribution in [-0.4, -0.2) is 62.0 Å². The van der Waals surface area contributed by atoms with Gasteiger partial charge in [-0.15, -0.1) is 0 Å². The van der Waals surface area contributed by atoms with Gasteiger partial charge in [-0.25, -0.2) is 9.78 Å². The number of carboxylic acid groups (broad SMARTS) is 1. The Labute approximate surface area is 162 Å². The van der Waals surface area contributed by atoms with Crippen molar-refractivity contribution in [1.29, 1.82) is 0 Å². The quantitative estimate of drug-likeness (QED) is 0.533. The number of nitrogen functional groups attached to an aromatic ring is 1. The van der Waals surface area contributed by atoms with Gasteiger partial charge in [0.2, 0.25) is 0 Å². The summed E-state index contributed by atoms with van der Waals surface area (Å²) >= 11 is 0. The van der Waals surface area contributed by atoms with Gasteiger partial charge in [0.1, 0.15) is 5.82 Å². The fraction of sp³-hybridized carbons (Fsp3) is 0.667. The first kappa shape index (κ1) is 22.6. The third-order valence-electron chi connectivity index (χ3n) is 4.12. The third kappa shape index (κ3) is 7.38. The van der Waals surface area contributed by atoms with Crippen LogP contribution in [0.2, 0.25) is 0 Å². The van der Waals surface area contributed by atoms with E-state index in [1.165, 1.54) is 12.8 Å². The molecule has 1 aliphatic rings. The Morgan fingerprint density at radius 2 is 2.00 bits per heavy atom. The second-order valence-electron chi connectivity index (χ2n) is 7.92. The molecule has 0 radical (unpaired) electrons. The molecule has 1 saturated heterocycles. The second-order valence-corrected chi connectivity index (χ2v) is 7.92. The molecule has 1 fully saturated rings. The number of hydrogen-bond donors (Lipinski definition) is 5. The summed E-state index contributed by atoms with van der Waals surface area (Å²) in [5, 5.41) is 14.0. The number of aromatic nitrogens is 1. The largest absolute Gasteiger partial charge is 0.465 e. The lowest BCUT2D eigenvalue weighted by molar-refractivity contribution is 0.205. The zero-order valence-corrected chi connectivity index (χ0v) is 17.3. The minimum absolute atomic E-state index is 0.127. The van der Waals surface area contributed by atoms with E-state index >= 15 is 0 Å². The summed E-state index contributed by atoms with van der Waals surface area (Å²) in [5.41, 5.74) is 12.3. The van der Waals surface area contributed by atoms with Gasteiger partial charge in [-0.05, 0) is 33.6 Å². The van der Waals surface area contributed by atoms with Gasteiger partial charge in [0, 0.05) is 51.9 Å². The lowest BCUT2D eigenvalue weighted by Crippen LogP contribution is -2.52. The molecular weight excluding hydrogens is 346 g/mol. The van der Waals surface area contributed by atoms with Gasteiger partial charge in [0.15, 0.2) is 5.82 Å². The van der Waals surface area contributed by atoms with E-state index in [2.05, 4.69) is 53.1 Å². The van der Waals surface area contributed by atoms with Gasteiger partial charge in [-0.1, -0.05) is 0 Å². The summed E-state index contributed by atoms with van der Waals surface area (Å²) in [7, 11) is 5.87. The van der Waals surface area contributed by atoms with E-state index in [1.54, 1.807) is 0 Å². The molecule has 1 amide bonds. The number of hydrogen-bond acceptors (Lipinski definition) is 7. The van der Waals surface area contributed by atoms with Crippen molar-refractivity contribution in [2.75, 3.05) is 55.1 Å². The fourth-order valence-electron chi connectivity index (χ4n) is 3.14. The van der Waals surface area contributed by atoms with Gasteiger partial charge in [0.25, 0.3) is 0 Å². The van der Waals surface area contributed by atoms with Crippen LogP contribution in [0.25, 0.3) is 0 Å². The van der Waals surface area contributed by atoms with Crippen molar-refractivity contribution in [2.24, 2.45) is 5.73 Å². The molecule has 0 saturated carbocycles. The number of pyridine rings is 1. The predicted octanol–water partition coefficient (Wildman–Crippen LogP) is 1.75. The monoisotopic (exact) mass is 381 g/mol. The van der Waals surface area contributed by atoms with Crippen molar-refractivity contribution in [3.63, 3.8) is 0 Å². The van der Waals surface area contributed by atoms with Gasteiger partial charge in [0.05, 0.1) is 11.4 Å². The van der Waals surface area contributed by atoms with Crippen molar-refractivity contribution < 1.29 is 9.90 Å². The molecule has 0 spiro atoms. The van der Waals surface area contributed by atoms with E-state index in [4.69, 9.17) is 15.6 Å². The number of amides is 1. The number of nitrogens with one attached hydrogen (secondary N) is 2. The van der Waals surface area contributed by atoms with Crippen molar-refractivity contribution in [3.05, 3.63) is 6.07 Å². The van der Waals surface area contributed by atoms with Crippen LogP contribution in [0, 0.1) is 0 Å². The van der Waals surface area contributed by atoms with Crippen LogP contribution in [0.1, 0.15) is 33.6 Å². The van der Waals surface area contributed by atoms with E-state index in [-0.39, 0.29) is 5.54 Å². The third-order valence-corrected chi connectivity index (χ3v) is 4.12. The molecule has 154 valence electrons. The molecule has 9 heteroatoms. The van der Waals surface area contributed by atoms with E-state index in [1.807, 2.05) is 26.0 Å². The number of carbonyl (C=O) groups is 1. The second kappa shape index (κ2) is 9.50. The molecule has 7 N–H and O–H groups in total. The van der Waals surface area contributed by atoms with Crippen molar-refractivity contribution in [1.82, 2.24) is 10.3 Å². The normalized spacial score (nSPS) is 17.0. The Morgan fingerprint density at radius 1 is 1.41 bits per heavy atom. The molecule has 1 unspecified atom stereocenters. The Hall–Kier alpha value is -2.42. The Kier molecular flexibility index (Phi) is 7.96. The number of rotatable bonds is 4. The highest BCUT2D eigenvalue weighted by Gasteiger charge is 2.26. The molecule has 1 aromatic rings. The maximum atomic E-state index is 8.78. The Balaban J connectivity index is 0.000000828. The molecule has 27 heavy (non-hydrogen) atoms. The van der Waals surface area contributed by atoms with E-state index in [0.717, 1.165) is 36.1 Å². The molecule has 1 atom stereocenters. The highest BCUT2D eigenvalue weighted by molar-refractivity contribution is 5.81. The van der Waals surface area contributed by atoms with Gasteiger partial charge in [-0.3, -0.25) is 0 Å². The van der Waals surface area contributed by atoms with Crippen molar-refractivity contribution in [3.8, 4) is 0 Å². The first-order chi connectivity index (χ1) is 12.4. The van der Waals surface area contributed by atoms with Crippen molar-refractivity contribution in [2.45, 2.75) is 45.2 Å². The molecule has 9 nitrogen and oxygen atoms in total. The topological polar surface area (TPSA) is 133 Å². The summed E-state index contributed by atoms with van der Waals surface area (Å²) in [6.45, 7) is 8.66. The van der Waals surface area contributed by atoms with Crippen LogP contribution < -0.4 is 31.9 Å². The minimum atomic E-state index is -1.33. The van der Waals surface area contributed by atoms with Crippen LogP contribution >= 0.6 is 0 Å². The van der Waals surface area contributed by atoms with Crippen LogP contribution in [0.4, 0.5) is 27.8 Å². The zero-order chi connectivity index (χ0) is 20.8.